The van der Waals surface area contributed by atoms with Gasteiger partial charge in [0, 0.05) is 32.1 Å². The standard InChI is InChI=1S/C15H30N4O3S2.HI/c1-3-16-15(17-8-4-5-10-23-2)18-9-6-14(20)19-13-7-11-24(21,22)12-13;/h13H,3-12H2,1-2H3,(H,19,20)(H2,16,17,18);1H. The van der Waals surface area contributed by atoms with Crippen molar-refractivity contribution < 1.29 is 13.2 Å². The van der Waals surface area contributed by atoms with Crippen LogP contribution in [0.5, 0.6) is 0 Å². The van der Waals surface area contributed by atoms with Crippen LogP contribution in [0.15, 0.2) is 4.99 Å². The Labute approximate surface area is 172 Å². The van der Waals surface area contributed by atoms with Crippen LogP contribution in [0.2, 0.25) is 0 Å². The molecule has 1 aliphatic heterocycles. The van der Waals surface area contributed by atoms with E-state index >= 15 is 0 Å². The van der Waals surface area contributed by atoms with Crippen molar-refractivity contribution in [3.05, 3.63) is 0 Å². The molecule has 1 fully saturated rings. The Bertz CT molecular complexity index is 515. The van der Waals surface area contributed by atoms with Gasteiger partial charge in [0.2, 0.25) is 5.91 Å². The number of nitrogens with zero attached hydrogens (tertiary/aromatic N) is 1. The van der Waals surface area contributed by atoms with Crippen LogP contribution in [0, 0.1) is 0 Å². The number of rotatable bonds is 10. The highest BCUT2D eigenvalue weighted by Crippen LogP contribution is 2.11. The summed E-state index contributed by atoms with van der Waals surface area (Å²) >= 11 is 1.84. The Kier molecular flexibility index (Phi) is 13.8. The maximum atomic E-state index is 11.9. The largest absolute Gasteiger partial charge is 0.357 e. The second kappa shape index (κ2) is 13.9. The Morgan fingerprint density at radius 2 is 2.04 bits per heavy atom. The summed E-state index contributed by atoms with van der Waals surface area (Å²) in [5.74, 6) is 1.98. The third-order valence-electron chi connectivity index (χ3n) is 3.61. The highest BCUT2D eigenvalue weighted by molar-refractivity contribution is 14.0. The third-order valence-corrected chi connectivity index (χ3v) is 6.08. The summed E-state index contributed by atoms with van der Waals surface area (Å²) in [4.78, 5) is 16.4. The summed E-state index contributed by atoms with van der Waals surface area (Å²) in [5.41, 5.74) is 0. The molecule has 1 saturated heterocycles. The number of hydrogen-bond donors (Lipinski definition) is 3. The molecule has 0 aliphatic carbocycles. The smallest absolute Gasteiger partial charge is 0.222 e. The number of hydrogen-bond acceptors (Lipinski definition) is 5. The molecule has 0 aromatic carbocycles. The first-order valence-electron chi connectivity index (χ1n) is 8.47. The van der Waals surface area contributed by atoms with Gasteiger partial charge in [-0.1, -0.05) is 0 Å². The Balaban J connectivity index is 0.00000576. The van der Waals surface area contributed by atoms with Gasteiger partial charge in [-0.05, 0) is 38.2 Å². The van der Waals surface area contributed by atoms with Crippen molar-refractivity contribution >= 4 is 57.4 Å². The zero-order valence-electron chi connectivity index (χ0n) is 15.0. The van der Waals surface area contributed by atoms with Crippen molar-refractivity contribution in [3.8, 4) is 0 Å². The lowest BCUT2D eigenvalue weighted by Gasteiger charge is -2.13. The summed E-state index contributed by atoms with van der Waals surface area (Å²) in [6.07, 6.45) is 5.11. The van der Waals surface area contributed by atoms with Crippen molar-refractivity contribution in [3.63, 3.8) is 0 Å². The molecule has 10 heteroatoms. The molecule has 148 valence electrons. The molecule has 0 bridgehead atoms. The molecule has 1 amide bonds. The van der Waals surface area contributed by atoms with Crippen molar-refractivity contribution in [2.75, 3.05) is 43.1 Å². The Hall–Kier alpha value is -0.230. The van der Waals surface area contributed by atoms with Crippen molar-refractivity contribution in [1.82, 2.24) is 16.0 Å². The van der Waals surface area contributed by atoms with Crippen molar-refractivity contribution in [1.29, 1.82) is 0 Å². The molecule has 1 heterocycles. The summed E-state index contributed by atoms with van der Waals surface area (Å²) in [7, 11) is -2.96. The molecule has 0 aromatic rings. The molecule has 0 aromatic heterocycles. The zero-order chi connectivity index (χ0) is 17.8. The van der Waals surface area contributed by atoms with Crippen LogP contribution in [-0.4, -0.2) is 69.5 Å². The van der Waals surface area contributed by atoms with E-state index in [0.717, 1.165) is 37.6 Å². The van der Waals surface area contributed by atoms with E-state index in [1.165, 1.54) is 0 Å². The van der Waals surface area contributed by atoms with E-state index in [2.05, 4.69) is 27.2 Å². The maximum Gasteiger partial charge on any atom is 0.222 e. The predicted octanol–water partition coefficient (Wildman–Crippen LogP) is 0.996. The minimum absolute atomic E-state index is 0. The van der Waals surface area contributed by atoms with Crippen LogP contribution >= 0.6 is 35.7 Å². The Morgan fingerprint density at radius 3 is 2.64 bits per heavy atom. The number of guanidine groups is 1. The van der Waals surface area contributed by atoms with Crippen LogP contribution in [0.1, 0.15) is 32.6 Å². The first kappa shape index (κ1) is 24.8. The average Bonchev–Trinajstić information content (AvgIpc) is 2.85. The summed E-state index contributed by atoms with van der Waals surface area (Å²) < 4.78 is 22.7. The van der Waals surface area contributed by atoms with Crippen molar-refractivity contribution in [2.24, 2.45) is 4.99 Å². The van der Waals surface area contributed by atoms with Gasteiger partial charge in [0.05, 0.1) is 11.5 Å². The van der Waals surface area contributed by atoms with E-state index < -0.39 is 9.84 Å². The zero-order valence-corrected chi connectivity index (χ0v) is 19.0. The maximum absolute atomic E-state index is 11.9. The first-order valence-corrected chi connectivity index (χ1v) is 11.7. The number of unbranched alkanes of at least 4 members (excludes halogenated alkanes) is 1. The van der Waals surface area contributed by atoms with Gasteiger partial charge in [0.25, 0.3) is 0 Å². The van der Waals surface area contributed by atoms with Crippen molar-refractivity contribution in [2.45, 2.75) is 38.6 Å². The highest BCUT2D eigenvalue weighted by Gasteiger charge is 2.28. The molecule has 1 rings (SSSR count). The Morgan fingerprint density at radius 1 is 1.28 bits per heavy atom. The molecule has 0 spiro atoms. The molecular weight excluding hydrogens is 475 g/mol. The SMILES string of the molecule is CCNC(=NCCCCSC)NCCC(=O)NC1CCS(=O)(=O)C1.I. The number of sulfone groups is 1. The lowest BCUT2D eigenvalue weighted by atomic mass is 10.2. The van der Waals surface area contributed by atoms with Gasteiger partial charge >= 0.3 is 0 Å². The summed E-state index contributed by atoms with van der Waals surface area (Å²) in [6, 6.07) is -0.235. The summed E-state index contributed by atoms with van der Waals surface area (Å²) in [5, 5.41) is 9.08. The second-order valence-electron chi connectivity index (χ2n) is 5.80. The number of aliphatic imine (C=N–C) groups is 1. The highest BCUT2D eigenvalue weighted by atomic mass is 127. The van der Waals surface area contributed by atoms with Crippen LogP contribution < -0.4 is 16.0 Å². The minimum Gasteiger partial charge on any atom is -0.357 e. The fourth-order valence-electron chi connectivity index (χ4n) is 2.39. The van der Waals surface area contributed by atoms with E-state index in [1.807, 2.05) is 18.7 Å². The fourth-order valence-corrected chi connectivity index (χ4v) is 4.56. The van der Waals surface area contributed by atoms with Gasteiger partial charge in [-0.25, -0.2) is 8.42 Å². The molecule has 1 unspecified atom stereocenters. The number of thioether (sulfide) groups is 1. The van der Waals surface area contributed by atoms with Gasteiger partial charge < -0.3 is 16.0 Å². The quantitative estimate of drug-likeness (QED) is 0.177. The molecule has 0 saturated carbocycles. The monoisotopic (exact) mass is 506 g/mol. The van der Waals surface area contributed by atoms with E-state index in [4.69, 9.17) is 0 Å². The number of halogens is 1. The van der Waals surface area contributed by atoms with Crippen LogP contribution in [0.4, 0.5) is 0 Å². The van der Waals surface area contributed by atoms with Crippen LogP contribution in [0.25, 0.3) is 0 Å². The van der Waals surface area contributed by atoms with Gasteiger partial charge in [-0.15, -0.1) is 24.0 Å². The van der Waals surface area contributed by atoms with Gasteiger partial charge in [-0.3, -0.25) is 9.79 Å². The minimum atomic E-state index is -2.96. The molecule has 7 nitrogen and oxygen atoms in total. The van der Waals surface area contributed by atoms with E-state index in [-0.39, 0.29) is 47.4 Å². The van der Waals surface area contributed by atoms with Gasteiger partial charge in [-0.2, -0.15) is 11.8 Å². The van der Waals surface area contributed by atoms with E-state index in [9.17, 15) is 13.2 Å². The van der Waals surface area contributed by atoms with Crippen LogP contribution in [-0.2, 0) is 14.6 Å². The summed E-state index contributed by atoms with van der Waals surface area (Å²) in [6.45, 7) is 4.00. The van der Waals surface area contributed by atoms with E-state index in [1.54, 1.807) is 0 Å². The lowest BCUT2D eigenvalue weighted by molar-refractivity contribution is -0.121. The fraction of sp³-hybridized carbons (Fsp3) is 0.867. The first-order chi connectivity index (χ1) is 11.5. The topological polar surface area (TPSA) is 99.7 Å². The van der Waals surface area contributed by atoms with E-state index in [0.29, 0.717) is 19.4 Å². The molecule has 25 heavy (non-hydrogen) atoms. The molecular formula is C15H31IN4O3S2. The predicted molar refractivity (Wildman–Crippen MR) is 117 cm³/mol. The normalized spacial score (nSPS) is 19.1. The number of amides is 1. The van der Waals surface area contributed by atoms with Crippen LogP contribution in [0.3, 0.4) is 0 Å². The number of carbonyl (C=O) groups excluding carboxylic acids is 1. The lowest BCUT2D eigenvalue weighted by Crippen LogP contribution is -2.41. The number of nitrogens with one attached hydrogen (secondary N) is 3. The molecule has 3 N–H and O–H groups in total. The van der Waals surface area contributed by atoms with Gasteiger partial charge in [0.1, 0.15) is 0 Å². The molecule has 1 atom stereocenters. The second-order valence-corrected chi connectivity index (χ2v) is 9.02. The molecule has 0 radical (unpaired) electrons. The average molecular weight is 506 g/mol. The number of carbonyl (C=O) groups is 1. The van der Waals surface area contributed by atoms with Gasteiger partial charge in [0.15, 0.2) is 15.8 Å². The third kappa shape index (κ3) is 11.9. The molecule has 1 aliphatic rings.